The number of hydrogen-bond acceptors (Lipinski definition) is 6. The van der Waals surface area contributed by atoms with E-state index >= 15 is 0 Å². The number of amides is 1. The summed E-state index contributed by atoms with van der Waals surface area (Å²) in [5.74, 6) is 3.78. The first-order chi connectivity index (χ1) is 15.6. The third kappa shape index (κ3) is 3.80. The van der Waals surface area contributed by atoms with Crippen LogP contribution in [0.2, 0.25) is 0 Å². The monoisotopic (exact) mass is 429 g/mol. The lowest BCUT2D eigenvalue weighted by Gasteiger charge is -2.41. The van der Waals surface area contributed by atoms with Crippen LogP contribution in [0.25, 0.3) is 5.65 Å². The molecule has 2 bridgehead atoms. The molecule has 2 unspecified atom stereocenters. The zero-order chi connectivity index (χ0) is 22.1. The zero-order valence-electron chi connectivity index (χ0n) is 18.2. The molecule has 2 aliphatic rings. The van der Waals surface area contributed by atoms with Gasteiger partial charge in [-0.05, 0) is 43.5 Å². The van der Waals surface area contributed by atoms with Crippen LogP contribution in [-0.4, -0.2) is 62.1 Å². The molecule has 5 rings (SSSR count). The molecule has 1 N–H and O–H groups in total. The van der Waals surface area contributed by atoms with E-state index in [2.05, 4.69) is 44.2 Å². The molecule has 0 spiro atoms. The number of hydrogen-bond donors (Lipinski definition) is 1. The van der Waals surface area contributed by atoms with Crippen LogP contribution in [0.15, 0.2) is 36.8 Å². The molecule has 2 fully saturated rings. The molecule has 0 saturated carbocycles. The van der Waals surface area contributed by atoms with Gasteiger partial charge >= 0.3 is 0 Å². The zero-order valence-corrected chi connectivity index (χ0v) is 18.2. The fraction of sp³-hybridized carbons (Fsp3) is 0.417. The second-order valence-corrected chi connectivity index (χ2v) is 8.56. The lowest BCUT2D eigenvalue weighted by molar-refractivity contribution is -0.132. The second kappa shape index (κ2) is 8.60. The molecule has 1 amide bonds. The molecule has 164 valence electrons. The predicted octanol–water partition coefficient (Wildman–Crippen LogP) is 1.77. The minimum atomic E-state index is 0.209. The van der Waals surface area contributed by atoms with Crippen molar-refractivity contribution in [2.24, 2.45) is 0 Å². The maximum absolute atomic E-state index is 12.9. The van der Waals surface area contributed by atoms with E-state index in [9.17, 15) is 4.79 Å². The Labute approximate surface area is 187 Å². The van der Waals surface area contributed by atoms with Gasteiger partial charge in [-0.15, -0.1) is 6.42 Å². The minimum absolute atomic E-state index is 0.209. The number of anilines is 1. The first kappa shape index (κ1) is 20.5. The van der Waals surface area contributed by atoms with Gasteiger partial charge in [0.2, 0.25) is 5.91 Å². The van der Waals surface area contributed by atoms with Crippen LogP contribution >= 0.6 is 0 Å². The van der Waals surface area contributed by atoms with Gasteiger partial charge in [0.15, 0.2) is 5.65 Å². The van der Waals surface area contributed by atoms with E-state index in [-0.39, 0.29) is 5.91 Å². The maximum atomic E-state index is 12.9. The van der Waals surface area contributed by atoms with Crippen LogP contribution in [0, 0.1) is 19.3 Å². The van der Waals surface area contributed by atoms with Gasteiger partial charge in [-0.2, -0.15) is 5.10 Å². The quantitative estimate of drug-likeness (QED) is 0.475. The smallest absolute Gasteiger partial charge is 0.223 e. The van der Waals surface area contributed by atoms with Gasteiger partial charge in [0.05, 0.1) is 5.69 Å². The summed E-state index contributed by atoms with van der Waals surface area (Å²) in [6.07, 6.45) is 11.4. The van der Waals surface area contributed by atoms with Gasteiger partial charge < -0.3 is 15.1 Å². The Morgan fingerprint density at radius 1 is 1.19 bits per heavy atom. The molecule has 3 aromatic rings. The summed E-state index contributed by atoms with van der Waals surface area (Å²) in [5, 5.41) is 7.71. The predicted molar refractivity (Wildman–Crippen MR) is 122 cm³/mol. The molecule has 0 aromatic carbocycles. The van der Waals surface area contributed by atoms with Crippen molar-refractivity contribution in [2.75, 3.05) is 24.5 Å². The van der Waals surface area contributed by atoms with Crippen molar-refractivity contribution in [3.05, 3.63) is 53.6 Å². The highest BCUT2D eigenvalue weighted by atomic mass is 16.2. The first-order valence-corrected chi connectivity index (χ1v) is 11.1. The molecule has 3 aromatic heterocycles. The van der Waals surface area contributed by atoms with Gasteiger partial charge in [0.1, 0.15) is 12.1 Å². The van der Waals surface area contributed by atoms with E-state index in [4.69, 9.17) is 6.42 Å². The number of aromatic nitrogens is 4. The third-order valence-corrected chi connectivity index (χ3v) is 6.59. The summed E-state index contributed by atoms with van der Waals surface area (Å²) < 4.78 is 1.85. The van der Waals surface area contributed by atoms with E-state index in [0.29, 0.717) is 31.6 Å². The Bertz CT molecular complexity index is 1150. The number of fused-ring (bicyclic) bond motifs is 3. The molecule has 32 heavy (non-hydrogen) atoms. The molecule has 8 nitrogen and oxygen atoms in total. The van der Waals surface area contributed by atoms with Gasteiger partial charge in [-0.1, -0.05) is 12.0 Å². The van der Waals surface area contributed by atoms with Crippen LogP contribution < -0.4 is 10.2 Å². The Hall–Kier alpha value is -3.44. The molecule has 2 saturated heterocycles. The summed E-state index contributed by atoms with van der Waals surface area (Å²) >= 11 is 0. The number of nitrogens with zero attached hydrogens (tertiary/aromatic N) is 6. The fourth-order valence-corrected chi connectivity index (χ4v) is 4.91. The number of carbonyl (C=O) groups is 1. The standard InChI is InChI=1S/C24H27N7O/c1-3-18-5-9-22(26-12-18)30-19-6-7-20(30)15-29(14-19)24(32)10-11-25-13-21-17(2)4-8-23-27-16-28-31(21)23/h1,4-5,8-9,12,16,19-20,25H,6-7,10-11,13-15H2,2H3. The number of aryl methyl sites for hydroxylation is 1. The number of nitrogens with one attached hydrogen (secondary N) is 1. The Morgan fingerprint density at radius 3 is 2.72 bits per heavy atom. The van der Waals surface area contributed by atoms with Crippen LogP contribution in [0.5, 0.6) is 0 Å². The number of terminal acetylenes is 1. The van der Waals surface area contributed by atoms with E-state index in [0.717, 1.165) is 54.2 Å². The SMILES string of the molecule is C#Cc1ccc(N2C3CCC2CN(C(=O)CCNCc2c(C)ccc4ncnn24)C3)nc1. The topological polar surface area (TPSA) is 78.7 Å². The summed E-state index contributed by atoms with van der Waals surface area (Å²) in [6, 6.07) is 8.59. The summed E-state index contributed by atoms with van der Waals surface area (Å²) in [5.41, 5.74) is 3.85. The van der Waals surface area contributed by atoms with Crippen molar-refractivity contribution >= 4 is 17.4 Å². The largest absolute Gasteiger partial charge is 0.347 e. The Kier molecular flexibility index (Phi) is 5.50. The highest BCUT2D eigenvalue weighted by Crippen LogP contribution is 2.34. The van der Waals surface area contributed by atoms with Crippen LogP contribution in [0.1, 0.15) is 36.1 Å². The normalized spacial score (nSPS) is 20.0. The number of likely N-dealkylation sites (tertiary alicyclic amines) is 1. The summed E-state index contributed by atoms with van der Waals surface area (Å²) in [4.78, 5) is 26.1. The van der Waals surface area contributed by atoms with Crippen LogP contribution in [0.4, 0.5) is 5.82 Å². The van der Waals surface area contributed by atoms with E-state index in [1.165, 1.54) is 0 Å². The van der Waals surface area contributed by atoms with E-state index in [1.807, 2.05) is 27.6 Å². The fourth-order valence-electron chi connectivity index (χ4n) is 4.91. The molecular weight excluding hydrogens is 402 g/mol. The van der Waals surface area contributed by atoms with Crippen LogP contribution in [-0.2, 0) is 11.3 Å². The lowest BCUT2D eigenvalue weighted by Crippen LogP contribution is -2.56. The van der Waals surface area contributed by atoms with Gasteiger partial charge in [-0.25, -0.2) is 14.5 Å². The average molecular weight is 430 g/mol. The second-order valence-electron chi connectivity index (χ2n) is 8.56. The molecule has 8 heteroatoms. The van der Waals surface area contributed by atoms with Crippen molar-refractivity contribution in [2.45, 2.75) is 44.8 Å². The lowest BCUT2D eigenvalue weighted by atomic mass is 10.1. The number of pyridine rings is 2. The molecule has 0 radical (unpaired) electrons. The number of rotatable bonds is 6. The highest BCUT2D eigenvalue weighted by molar-refractivity contribution is 5.77. The van der Waals surface area contributed by atoms with E-state index in [1.54, 1.807) is 12.5 Å². The summed E-state index contributed by atoms with van der Waals surface area (Å²) in [6.45, 7) is 4.86. The highest BCUT2D eigenvalue weighted by Gasteiger charge is 2.41. The molecule has 2 aliphatic heterocycles. The number of piperazine rings is 1. The van der Waals surface area contributed by atoms with Crippen molar-refractivity contribution in [1.29, 1.82) is 0 Å². The Morgan fingerprint density at radius 2 is 2.00 bits per heavy atom. The van der Waals surface area contributed by atoms with Gasteiger partial charge in [0, 0.05) is 56.4 Å². The van der Waals surface area contributed by atoms with Crippen molar-refractivity contribution in [3.8, 4) is 12.3 Å². The molecule has 2 atom stereocenters. The first-order valence-electron chi connectivity index (χ1n) is 11.1. The van der Waals surface area contributed by atoms with Gasteiger partial charge in [0.25, 0.3) is 0 Å². The van der Waals surface area contributed by atoms with Crippen molar-refractivity contribution in [1.82, 2.24) is 29.8 Å². The molecule has 0 aliphatic carbocycles. The Balaban J connectivity index is 1.15. The van der Waals surface area contributed by atoms with Gasteiger partial charge in [-0.3, -0.25) is 4.79 Å². The van der Waals surface area contributed by atoms with E-state index < -0.39 is 0 Å². The third-order valence-electron chi connectivity index (χ3n) is 6.59. The van der Waals surface area contributed by atoms with Crippen molar-refractivity contribution in [3.63, 3.8) is 0 Å². The average Bonchev–Trinajstić information content (AvgIpc) is 3.39. The van der Waals surface area contributed by atoms with Crippen LogP contribution in [0.3, 0.4) is 0 Å². The maximum Gasteiger partial charge on any atom is 0.223 e. The minimum Gasteiger partial charge on any atom is -0.347 e. The van der Waals surface area contributed by atoms with Crippen molar-refractivity contribution < 1.29 is 4.79 Å². The number of carbonyl (C=O) groups excluding carboxylic acids is 1. The summed E-state index contributed by atoms with van der Waals surface area (Å²) in [7, 11) is 0. The molecular formula is C24H27N7O. The molecule has 5 heterocycles.